The number of amides is 1. The van der Waals surface area contributed by atoms with Crippen molar-refractivity contribution in [3.63, 3.8) is 0 Å². The van der Waals surface area contributed by atoms with Crippen molar-refractivity contribution in [1.29, 1.82) is 0 Å². The summed E-state index contributed by atoms with van der Waals surface area (Å²) in [7, 11) is -3.63. The number of carbonyl (C=O) groups is 1. The Kier molecular flexibility index (Phi) is 4.57. The van der Waals surface area contributed by atoms with Gasteiger partial charge in [-0.2, -0.15) is 4.31 Å². The molecule has 3 saturated heterocycles. The van der Waals surface area contributed by atoms with Crippen molar-refractivity contribution in [3.05, 3.63) is 29.8 Å². The van der Waals surface area contributed by atoms with E-state index in [9.17, 15) is 13.2 Å². The number of nitrogens with zero attached hydrogens (tertiary/aromatic N) is 2. The van der Waals surface area contributed by atoms with Crippen LogP contribution in [0.5, 0.6) is 0 Å². The smallest absolute Gasteiger partial charge is 0.243 e. The van der Waals surface area contributed by atoms with Crippen molar-refractivity contribution in [2.75, 3.05) is 19.7 Å². The number of unbranched alkanes of at least 4 members (excludes halogenated alkanes) is 2. The summed E-state index contributed by atoms with van der Waals surface area (Å²) in [6.07, 6.45) is 5.21. The van der Waals surface area contributed by atoms with Gasteiger partial charge in [-0.25, -0.2) is 8.42 Å². The van der Waals surface area contributed by atoms with E-state index in [2.05, 4.69) is 6.92 Å². The van der Waals surface area contributed by atoms with Crippen LogP contribution < -0.4 is 0 Å². The van der Waals surface area contributed by atoms with Gasteiger partial charge in [0.05, 0.1) is 17.5 Å². The predicted molar refractivity (Wildman–Crippen MR) is 97.0 cm³/mol. The Morgan fingerprint density at radius 3 is 2.69 bits per heavy atom. The molecule has 0 N–H and O–H groups in total. The van der Waals surface area contributed by atoms with Crippen LogP contribution in [0, 0.1) is 0 Å². The van der Waals surface area contributed by atoms with E-state index in [0.29, 0.717) is 31.0 Å². The lowest BCUT2D eigenvalue weighted by molar-refractivity contribution is -0.136. The number of ether oxygens (including phenoxy) is 1. The number of aryl methyl sites for hydroxylation is 1. The van der Waals surface area contributed by atoms with Gasteiger partial charge in [-0.15, -0.1) is 0 Å². The molecular weight excluding hydrogens is 352 g/mol. The number of sulfonamides is 1. The van der Waals surface area contributed by atoms with Crippen LogP contribution >= 0.6 is 0 Å². The molecule has 2 atom stereocenters. The molecule has 7 heteroatoms. The Bertz CT molecular complexity index is 792. The summed E-state index contributed by atoms with van der Waals surface area (Å²) >= 11 is 0. The quantitative estimate of drug-likeness (QED) is 0.712. The number of rotatable bonds is 6. The molecule has 0 aromatic heterocycles. The van der Waals surface area contributed by atoms with E-state index >= 15 is 0 Å². The van der Waals surface area contributed by atoms with E-state index in [-0.39, 0.29) is 12.3 Å². The maximum absolute atomic E-state index is 13.2. The second kappa shape index (κ2) is 6.62. The van der Waals surface area contributed by atoms with Gasteiger partial charge in [-0.3, -0.25) is 4.79 Å². The van der Waals surface area contributed by atoms with Crippen LogP contribution in [0.1, 0.15) is 44.6 Å². The maximum atomic E-state index is 13.2. The van der Waals surface area contributed by atoms with Gasteiger partial charge in [-0.05, 0) is 30.5 Å². The van der Waals surface area contributed by atoms with E-state index < -0.39 is 21.8 Å². The molecule has 142 valence electrons. The third-order valence-corrected chi connectivity index (χ3v) is 7.87. The Morgan fingerprint density at radius 1 is 1.19 bits per heavy atom. The fourth-order valence-corrected chi connectivity index (χ4v) is 6.24. The highest BCUT2D eigenvalue weighted by Gasteiger charge is 2.64. The van der Waals surface area contributed by atoms with Gasteiger partial charge in [0.25, 0.3) is 0 Å². The number of benzene rings is 1. The average Bonchev–Trinajstić information content (AvgIpc) is 3.27. The molecule has 1 amide bonds. The van der Waals surface area contributed by atoms with Gasteiger partial charge >= 0.3 is 0 Å². The van der Waals surface area contributed by atoms with Gasteiger partial charge in [0.15, 0.2) is 5.72 Å². The van der Waals surface area contributed by atoms with Crippen molar-refractivity contribution in [3.8, 4) is 0 Å². The van der Waals surface area contributed by atoms with Crippen molar-refractivity contribution in [2.24, 2.45) is 0 Å². The van der Waals surface area contributed by atoms with Crippen molar-refractivity contribution >= 4 is 15.9 Å². The van der Waals surface area contributed by atoms with Crippen LogP contribution in [0.25, 0.3) is 0 Å². The topological polar surface area (TPSA) is 66.9 Å². The standard InChI is InChI=1S/C19H26N2O4S/c1-2-3-4-5-15-6-8-16(9-7-15)26(23,24)21-11-10-19-17(21)14-18(22)20(19)12-13-25-19/h6-9,17H,2-5,10-14H2,1H3/t17-,19+/m1/s1. The first-order valence-corrected chi connectivity index (χ1v) is 11.0. The Hall–Kier alpha value is -1.44. The SMILES string of the molecule is CCCCCc1ccc(S(=O)(=O)N2CC[C@@]34OCCN3C(=O)C[C@@H]24)cc1. The molecule has 0 unspecified atom stereocenters. The summed E-state index contributed by atoms with van der Waals surface area (Å²) in [5, 5.41) is 0. The van der Waals surface area contributed by atoms with E-state index in [1.165, 1.54) is 17.1 Å². The first kappa shape index (κ1) is 17.9. The lowest BCUT2D eigenvalue weighted by atomic mass is 10.1. The van der Waals surface area contributed by atoms with E-state index in [1.807, 2.05) is 12.1 Å². The minimum atomic E-state index is -3.63. The van der Waals surface area contributed by atoms with Crippen LogP contribution in [0.4, 0.5) is 0 Å². The van der Waals surface area contributed by atoms with Crippen LogP contribution in [0.15, 0.2) is 29.2 Å². The molecule has 0 bridgehead atoms. The highest BCUT2D eigenvalue weighted by atomic mass is 32.2. The molecule has 3 aliphatic rings. The Labute approximate surface area is 155 Å². The zero-order valence-corrected chi connectivity index (χ0v) is 16.0. The molecule has 4 rings (SSSR count). The van der Waals surface area contributed by atoms with Crippen molar-refractivity contribution in [1.82, 2.24) is 9.21 Å². The molecule has 1 aromatic rings. The number of carbonyl (C=O) groups excluding carboxylic acids is 1. The summed E-state index contributed by atoms with van der Waals surface area (Å²) in [6.45, 7) is 3.62. The van der Waals surface area contributed by atoms with Crippen LogP contribution in [0.2, 0.25) is 0 Å². The summed E-state index contributed by atoms with van der Waals surface area (Å²) in [5.41, 5.74) is 0.432. The molecule has 3 aliphatic heterocycles. The number of hydrogen-bond acceptors (Lipinski definition) is 4. The van der Waals surface area contributed by atoms with E-state index in [0.717, 1.165) is 18.4 Å². The van der Waals surface area contributed by atoms with Crippen molar-refractivity contribution < 1.29 is 17.9 Å². The molecule has 0 radical (unpaired) electrons. The molecular formula is C19H26N2O4S. The normalized spacial score (nSPS) is 28.6. The van der Waals surface area contributed by atoms with E-state index in [1.54, 1.807) is 17.0 Å². The molecule has 3 fully saturated rings. The number of hydrogen-bond donors (Lipinski definition) is 0. The van der Waals surface area contributed by atoms with Gasteiger partial charge in [0.1, 0.15) is 0 Å². The molecule has 3 heterocycles. The second-order valence-electron chi connectivity index (χ2n) is 7.43. The molecule has 0 aliphatic carbocycles. The lowest BCUT2D eigenvalue weighted by Gasteiger charge is -2.31. The van der Waals surface area contributed by atoms with Crippen LogP contribution in [-0.2, 0) is 26.0 Å². The fourth-order valence-electron chi connectivity index (χ4n) is 4.58. The average molecular weight is 378 g/mol. The largest absolute Gasteiger partial charge is 0.352 e. The van der Waals surface area contributed by atoms with Gasteiger partial charge in [0, 0.05) is 25.9 Å². The highest BCUT2D eigenvalue weighted by Crippen LogP contribution is 2.47. The zero-order valence-electron chi connectivity index (χ0n) is 15.2. The Balaban J connectivity index is 1.55. The van der Waals surface area contributed by atoms with Crippen molar-refractivity contribution in [2.45, 2.75) is 62.1 Å². The minimum absolute atomic E-state index is 0.00123. The maximum Gasteiger partial charge on any atom is 0.243 e. The summed E-state index contributed by atoms with van der Waals surface area (Å²) < 4.78 is 33.7. The summed E-state index contributed by atoms with van der Waals surface area (Å²) in [4.78, 5) is 14.3. The van der Waals surface area contributed by atoms with Crippen LogP contribution in [0.3, 0.4) is 0 Å². The molecule has 1 spiro atoms. The third kappa shape index (κ3) is 2.68. The second-order valence-corrected chi connectivity index (χ2v) is 9.32. The molecule has 1 aromatic carbocycles. The molecule has 26 heavy (non-hydrogen) atoms. The fraction of sp³-hybridized carbons (Fsp3) is 0.632. The molecule has 6 nitrogen and oxygen atoms in total. The van der Waals surface area contributed by atoms with Gasteiger partial charge in [-0.1, -0.05) is 31.9 Å². The Morgan fingerprint density at radius 2 is 1.96 bits per heavy atom. The predicted octanol–water partition coefficient (Wildman–Crippen LogP) is 2.14. The van der Waals surface area contributed by atoms with Crippen LogP contribution in [-0.4, -0.2) is 55.0 Å². The zero-order chi connectivity index (χ0) is 18.4. The van der Waals surface area contributed by atoms with Gasteiger partial charge < -0.3 is 9.64 Å². The van der Waals surface area contributed by atoms with E-state index in [4.69, 9.17) is 4.74 Å². The van der Waals surface area contributed by atoms with Gasteiger partial charge in [0.2, 0.25) is 15.9 Å². The molecule has 0 saturated carbocycles. The highest BCUT2D eigenvalue weighted by molar-refractivity contribution is 7.89. The minimum Gasteiger partial charge on any atom is -0.352 e. The monoisotopic (exact) mass is 378 g/mol. The lowest BCUT2D eigenvalue weighted by Crippen LogP contribution is -2.48. The first-order valence-electron chi connectivity index (χ1n) is 9.54. The summed E-state index contributed by atoms with van der Waals surface area (Å²) in [6, 6.07) is 6.81. The first-order chi connectivity index (χ1) is 12.5. The summed E-state index contributed by atoms with van der Waals surface area (Å²) in [5.74, 6) is -0.00123. The third-order valence-electron chi connectivity index (χ3n) is 5.95.